The van der Waals surface area contributed by atoms with E-state index in [1.54, 1.807) is 4.90 Å². The number of fused-ring (bicyclic) bond motifs is 1. The highest BCUT2D eigenvalue weighted by Crippen LogP contribution is 2.37. The van der Waals surface area contributed by atoms with Gasteiger partial charge < -0.3 is 9.80 Å². The van der Waals surface area contributed by atoms with Crippen molar-refractivity contribution in [3.05, 3.63) is 24.3 Å². The Balaban J connectivity index is 1.70. The van der Waals surface area contributed by atoms with E-state index in [0.717, 1.165) is 31.0 Å². The summed E-state index contributed by atoms with van der Waals surface area (Å²) in [4.78, 5) is 29.1. The Hall–Kier alpha value is -1.14. The van der Waals surface area contributed by atoms with E-state index in [4.69, 9.17) is 0 Å². The van der Waals surface area contributed by atoms with Gasteiger partial charge in [-0.25, -0.2) is 0 Å². The minimum absolute atomic E-state index is 0.105. The van der Waals surface area contributed by atoms with Crippen LogP contribution in [0.5, 0.6) is 0 Å². The summed E-state index contributed by atoms with van der Waals surface area (Å²) in [5, 5.41) is 0.615. The van der Waals surface area contributed by atoms with Gasteiger partial charge in [0, 0.05) is 42.0 Å². The van der Waals surface area contributed by atoms with E-state index in [1.807, 2.05) is 34.9 Å². The van der Waals surface area contributed by atoms with Crippen LogP contribution in [-0.4, -0.2) is 46.7 Å². The van der Waals surface area contributed by atoms with Gasteiger partial charge in [0.25, 0.3) is 5.24 Å². The number of anilines is 1. The smallest absolute Gasteiger partial charge is 0.281 e. The van der Waals surface area contributed by atoms with Gasteiger partial charge in [0.2, 0.25) is 5.91 Å². The SMILES string of the molecule is C[C@@H]1CCN(C(=O)CCN2CCSC2=O)c2ccccc2S1. The molecule has 0 aromatic heterocycles. The van der Waals surface area contributed by atoms with Crippen LogP contribution in [0.25, 0.3) is 0 Å². The molecule has 6 heteroatoms. The van der Waals surface area contributed by atoms with E-state index in [9.17, 15) is 9.59 Å². The molecule has 0 unspecified atom stereocenters. The lowest BCUT2D eigenvalue weighted by molar-refractivity contribution is -0.118. The molecule has 1 aromatic carbocycles. The minimum atomic E-state index is 0.105. The Morgan fingerprint density at radius 1 is 1.32 bits per heavy atom. The van der Waals surface area contributed by atoms with E-state index < -0.39 is 0 Å². The zero-order valence-corrected chi connectivity index (χ0v) is 14.3. The van der Waals surface area contributed by atoms with Crippen molar-refractivity contribution in [1.82, 2.24) is 4.90 Å². The predicted molar refractivity (Wildman–Crippen MR) is 92.8 cm³/mol. The summed E-state index contributed by atoms with van der Waals surface area (Å²) in [5.74, 6) is 0.958. The van der Waals surface area contributed by atoms with Crippen molar-refractivity contribution < 1.29 is 9.59 Å². The summed E-state index contributed by atoms with van der Waals surface area (Å²) in [7, 11) is 0. The van der Waals surface area contributed by atoms with Crippen molar-refractivity contribution in [2.75, 3.05) is 30.3 Å². The summed E-state index contributed by atoms with van der Waals surface area (Å²) in [6.45, 7) is 4.26. The van der Waals surface area contributed by atoms with Gasteiger partial charge in [-0.05, 0) is 18.6 Å². The van der Waals surface area contributed by atoms with Crippen molar-refractivity contribution in [3.8, 4) is 0 Å². The van der Waals surface area contributed by atoms with E-state index in [1.165, 1.54) is 16.7 Å². The van der Waals surface area contributed by atoms with Gasteiger partial charge in [0.05, 0.1) is 5.69 Å². The first-order valence-electron chi connectivity index (χ1n) is 7.63. The second-order valence-corrected chi connectivity index (χ2v) is 8.11. The first-order chi connectivity index (χ1) is 10.6. The van der Waals surface area contributed by atoms with Crippen molar-refractivity contribution in [2.24, 2.45) is 0 Å². The number of amides is 2. The molecule has 0 aliphatic carbocycles. The van der Waals surface area contributed by atoms with Crippen LogP contribution in [0.15, 0.2) is 29.2 Å². The number of hydrogen-bond donors (Lipinski definition) is 0. The molecule has 1 atom stereocenters. The minimum Gasteiger partial charge on any atom is -0.332 e. The van der Waals surface area contributed by atoms with Crippen LogP contribution in [-0.2, 0) is 4.79 Å². The third kappa shape index (κ3) is 3.43. The largest absolute Gasteiger partial charge is 0.332 e. The van der Waals surface area contributed by atoms with Crippen LogP contribution in [0.3, 0.4) is 0 Å². The third-order valence-electron chi connectivity index (χ3n) is 3.99. The maximum atomic E-state index is 12.7. The summed E-state index contributed by atoms with van der Waals surface area (Å²) in [5.41, 5.74) is 1.02. The standard InChI is InChI=1S/C16H20N2O2S2/c1-12-6-9-18(13-4-2-3-5-14(13)22-12)15(19)7-8-17-10-11-21-16(17)20/h2-5,12H,6-11H2,1H3/t12-/m1/s1. The van der Waals surface area contributed by atoms with Crippen LogP contribution >= 0.6 is 23.5 Å². The Bertz CT molecular complexity index is 579. The molecule has 2 amide bonds. The lowest BCUT2D eigenvalue weighted by Crippen LogP contribution is -2.35. The number of rotatable bonds is 3. The first-order valence-corrected chi connectivity index (χ1v) is 9.49. The molecular formula is C16H20N2O2S2. The van der Waals surface area contributed by atoms with Crippen LogP contribution in [0.2, 0.25) is 0 Å². The van der Waals surface area contributed by atoms with Gasteiger partial charge in [-0.1, -0.05) is 30.8 Å². The molecule has 0 spiro atoms. The van der Waals surface area contributed by atoms with Crippen LogP contribution in [0.4, 0.5) is 10.5 Å². The fourth-order valence-electron chi connectivity index (χ4n) is 2.74. The Morgan fingerprint density at radius 3 is 2.91 bits per heavy atom. The molecule has 2 heterocycles. The molecule has 22 heavy (non-hydrogen) atoms. The quantitative estimate of drug-likeness (QED) is 0.847. The number of nitrogens with zero attached hydrogens (tertiary/aromatic N) is 2. The van der Waals surface area contributed by atoms with Crippen LogP contribution in [0, 0.1) is 0 Å². The number of benzene rings is 1. The number of para-hydroxylation sites is 1. The molecule has 4 nitrogen and oxygen atoms in total. The first kappa shape index (κ1) is 15.7. The van der Waals surface area contributed by atoms with Crippen LogP contribution < -0.4 is 4.90 Å². The zero-order chi connectivity index (χ0) is 15.5. The molecule has 1 saturated heterocycles. The van der Waals surface area contributed by atoms with Gasteiger partial charge in [-0.2, -0.15) is 0 Å². The summed E-state index contributed by atoms with van der Waals surface area (Å²) < 4.78 is 0. The molecular weight excluding hydrogens is 316 g/mol. The molecule has 1 aromatic rings. The molecule has 1 fully saturated rings. The Kier molecular flexibility index (Phi) is 4.98. The predicted octanol–water partition coefficient (Wildman–Crippen LogP) is 3.46. The summed E-state index contributed by atoms with van der Waals surface area (Å²) >= 11 is 3.18. The van der Waals surface area contributed by atoms with E-state index >= 15 is 0 Å². The fourth-order valence-corrected chi connectivity index (χ4v) is 4.70. The highest BCUT2D eigenvalue weighted by molar-refractivity contribution is 8.13. The average Bonchev–Trinajstić information content (AvgIpc) is 2.83. The number of carbonyl (C=O) groups excluding carboxylic acids is 2. The van der Waals surface area contributed by atoms with Gasteiger partial charge in [-0.15, -0.1) is 11.8 Å². The lowest BCUT2D eigenvalue weighted by atomic mass is 10.2. The van der Waals surface area contributed by atoms with Crippen molar-refractivity contribution in [1.29, 1.82) is 0 Å². The fraction of sp³-hybridized carbons (Fsp3) is 0.500. The highest BCUT2D eigenvalue weighted by Gasteiger charge is 2.26. The zero-order valence-electron chi connectivity index (χ0n) is 12.7. The maximum Gasteiger partial charge on any atom is 0.281 e. The van der Waals surface area contributed by atoms with E-state index in [-0.39, 0.29) is 11.1 Å². The summed E-state index contributed by atoms with van der Waals surface area (Å²) in [6.07, 6.45) is 1.39. The van der Waals surface area contributed by atoms with Gasteiger partial charge >= 0.3 is 0 Å². The lowest BCUT2D eigenvalue weighted by Gasteiger charge is -2.24. The molecule has 0 bridgehead atoms. The average molecular weight is 336 g/mol. The van der Waals surface area contributed by atoms with Gasteiger partial charge in [0.1, 0.15) is 0 Å². The number of carbonyl (C=O) groups is 2. The van der Waals surface area contributed by atoms with E-state index in [2.05, 4.69) is 13.0 Å². The Labute approximate surface area is 139 Å². The summed E-state index contributed by atoms with van der Waals surface area (Å²) in [6, 6.07) is 8.11. The van der Waals surface area contributed by atoms with Crippen LogP contribution in [0.1, 0.15) is 19.8 Å². The molecule has 0 N–H and O–H groups in total. The normalized spacial score (nSPS) is 21.7. The topological polar surface area (TPSA) is 40.6 Å². The number of thioether (sulfide) groups is 2. The monoisotopic (exact) mass is 336 g/mol. The number of hydrogen-bond acceptors (Lipinski definition) is 4. The molecule has 2 aliphatic rings. The third-order valence-corrected chi connectivity index (χ3v) is 6.11. The molecule has 118 valence electrons. The van der Waals surface area contributed by atoms with Gasteiger partial charge in [-0.3, -0.25) is 9.59 Å². The molecule has 2 aliphatic heterocycles. The Morgan fingerprint density at radius 2 is 2.14 bits per heavy atom. The van der Waals surface area contributed by atoms with Crippen molar-refractivity contribution in [3.63, 3.8) is 0 Å². The molecule has 0 saturated carbocycles. The molecule has 3 rings (SSSR count). The molecule has 0 radical (unpaired) electrons. The highest BCUT2D eigenvalue weighted by atomic mass is 32.2. The second kappa shape index (κ2) is 6.96. The maximum absolute atomic E-state index is 12.7. The van der Waals surface area contributed by atoms with E-state index in [0.29, 0.717) is 18.2 Å². The van der Waals surface area contributed by atoms with Gasteiger partial charge in [0.15, 0.2) is 0 Å². The van der Waals surface area contributed by atoms with Crippen molar-refractivity contribution in [2.45, 2.75) is 29.9 Å². The second-order valence-electron chi connectivity index (χ2n) is 5.58. The van der Waals surface area contributed by atoms with Crippen molar-refractivity contribution >= 4 is 40.4 Å².